The highest BCUT2D eigenvalue weighted by Crippen LogP contribution is 2.38. The number of carbonyl (C=O) groups is 1. The van der Waals surface area contributed by atoms with Crippen molar-refractivity contribution in [3.8, 4) is 5.75 Å². The molecule has 0 fully saturated rings. The van der Waals surface area contributed by atoms with Crippen LogP contribution in [0.1, 0.15) is 17.3 Å². The zero-order valence-corrected chi connectivity index (χ0v) is 16.2. The second kappa shape index (κ2) is 7.22. The van der Waals surface area contributed by atoms with Crippen molar-refractivity contribution in [2.24, 2.45) is 0 Å². The van der Waals surface area contributed by atoms with Crippen LogP contribution in [0.25, 0.3) is 21.9 Å². The number of amides is 1. The number of para-hydroxylation sites is 1. The summed E-state index contributed by atoms with van der Waals surface area (Å²) in [5.74, 6) is 0.140. The van der Waals surface area contributed by atoms with Crippen molar-refractivity contribution in [1.82, 2.24) is 0 Å². The maximum Gasteiger partial charge on any atom is 0.256 e. The predicted octanol–water partition coefficient (Wildman–Crippen LogP) is 5.07. The number of hydrogen-bond donors (Lipinski definition) is 2. The molecular formula is C20H15Cl2N2O4+. The van der Waals surface area contributed by atoms with Crippen molar-refractivity contribution >= 4 is 56.7 Å². The summed E-state index contributed by atoms with van der Waals surface area (Å²) in [5.41, 5.74) is 1.73. The van der Waals surface area contributed by atoms with Crippen LogP contribution in [0.3, 0.4) is 0 Å². The van der Waals surface area contributed by atoms with Gasteiger partial charge in [0.05, 0.1) is 17.9 Å². The molecule has 0 radical (unpaired) electrons. The minimum Gasteiger partial charge on any atom is -0.490 e. The summed E-state index contributed by atoms with van der Waals surface area (Å²) in [7, 11) is 0. The van der Waals surface area contributed by atoms with E-state index in [1.165, 1.54) is 12.4 Å². The number of furan rings is 1. The Kier molecular flexibility index (Phi) is 4.75. The molecule has 0 spiro atoms. The molecule has 2 aromatic heterocycles. The van der Waals surface area contributed by atoms with Crippen LogP contribution in [0, 0.1) is 0 Å². The second-order valence-electron chi connectivity index (χ2n) is 6.01. The van der Waals surface area contributed by atoms with Crippen LogP contribution in [0.2, 0.25) is 10.0 Å². The van der Waals surface area contributed by atoms with Crippen LogP contribution < -0.4 is 14.8 Å². The molecular weight excluding hydrogens is 403 g/mol. The summed E-state index contributed by atoms with van der Waals surface area (Å²) >= 11 is 12.2. The third kappa shape index (κ3) is 3.10. The number of fused-ring (bicyclic) bond motifs is 3. The third-order valence-corrected chi connectivity index (χ3v) is 4.82. The molecule has 0 unspecified atom stereocenters. The first-order chi connectivity index (χ1) is 13.5. The molecule has 0 aliphatic heterocycles. The molecule has 1 amide bonds. The minimum absolute atomic E-state index is 0.0996. The molecule has 142 valence electrons. The Morgan fingerprint density at radius 3 is 2.61 bits per heavy atom. The molecule has 2 aromatic carbocycles. The second-order valence-corrected chi connectivity index (χ2v) is 6.82. The number of aromatic nitrogens is 1. The van der Waals surface area contributed by atoms with E-state index in [1.807, 2.05) is 31.2 Å². The third-order valence-electron chi connectivity index (χ3n) is 4.24. The summed E-state index contributed by atoms with van der Waals surface area (Å²) in [6.07, 6.45) is 2.45. The summed E-state index contributed by atoms with van der Waals surface area (Å²) in [5, 5.41) is 13.8. The van der Waals surface area contributed by atoms with E-state index in [-0.39, 0.29) is 15.7 Å². The highest BCUT2D eigenvalue weighted by atomic mass is 35.5. The van der Waals surface area contributed by atoms with Crippen LogP contribution in [-0.4, -0.2) is 17.7 Å². The quantitative estimate of drug-likeness (QED) is 0.359. The number of rotatable bonds is 4. The van der Waals surface area contributed by atoms with Crippen molar-refractivity contribution in [3.05, 3.63) is 64.4 Å². The Labute approximate surface area is 169 Å². The summed E-state index contributed by atoms with van der Waals surface area (Å²) in [4.78, 5) is 13.0. The van der Waals surface area contributed by atoms with Crippen LogP contribution >= 0.6 is 23.2 Å². The lowest BCUT2D eigenvalue weighted by molar-refractivity contribution is -0.904. The van der Waals surface area contributed by atoms with Gasteiger partial charge in [-0.2, -0.15) is 0 Å². The lowest BCUT2D eigenvalue weighted by atomic mass is 10.0. The SMILES string of the molecule is CCOc1ccc(C(=O)Nc2c(Cl)c[n+](O)cc2Cl)c2c1oc1ccccc12. The summed E-state index contributed by atoms with van der Waals surface area (Å²) in [6, 6.07) is 10.8. The maximum absolute atomic E-state index is 13.0. The largest absolute Gasteiger partial charge is 0.490 e. The van der Waals surface area contributed by atoms with Gasteiger partial charge in [0.2, 0.25) is 12.4 Å². The number of hydrogen-bond acceptors (Lipinski definition) is 4. The van der Waals surface area contributed by atoms with E-state index in [0.717, 1.165) is 10.1 Å². The first kappa shape index (κ1) is 18.4. The van der Waals surface area contributed by atoms with Gasteiger partial charge in [0.25, 0.3) is 5.91 Å². The van der Waals surface area contributed by atoms with Gasteiger partial charge in [0, 0.05) is 15.5 Å². The average molecular weight is 418 g/mol. The molecule has 8 heteroatoms. The van der Waals surface area contributed by atoms with Crippen molar-refractivity contribution in [3.63, 3.8) is 0 Å². The standard InChI is InChI=1S/C20H14Cl2N2O4/c1-2-27-16-8-7-12(17-11-5-3-4-6-15(11)28-19(16)17)20(25)23-18-13(21)9-24(26)10-14(18)22/h3-10,26H,2H2,1H3/p+1. The lowest BCUT2D eigenvalue weighted by Gasteiger charge is -2.10. The van der Waals surface area contributed by atoms with Crippen molar-refractivity contribution in [1.29, 1.82) is 0 Å². The monoisotopic (exact) mass is 417 g/mol. The van der Waals surface area contributed by atoms with Crippen LogP contribution in [0.5, 0.6) is 5.75 Å². The Balaban J connectivity index is 1.87. The minimum atomic E-state index is -0.418. The summed E-state index contributed by atoms with van der Waals surface area (Å²) < 4.78 is 12.3. The van der Waals surface area contributed by atoms with Gasteiger partial charge >= 0.3 is 0 Å². The smallest absolute Gasteiger partial charge is 0.256 e. The fourth-order valence-electron chi connectivity index (χ4n) is 3.08. The normalized spacial score (nSPS) is 11.1. The van der Waals surface area contributed by atoms with E-state index in [2.05, 4.69) is 5.32 Å². The molecule has 0 saturated carbocycles. The molecule has 2 N–H and O–H groups in total. The topological polar surface area (TPSA) is 75.6 Å². The lowest BCUT2D eigenvalue weighted by Crippen LogP contribution is -2.29. The van der Waals surface area contributed by atoms with Gasteiger partial charge < -0.3 is 14.5 Å². The van der Waals surface area contributed by atoms with Gasteiger partial charge in [-0.05, 0) is 25.1 Å². The van der Waals surface area contributed by atoms with E-state index in [1.54, 1.807) is 12.1 Å². The van der Waals surface area contributed by atoms with Gasteiger partial charge in [0.15, 0.2) is 11.3 Å². The maximum atomic E-state index is 13.0. The predicted molar refractivity (Wildman–Crippen MR) is 107 cm³/mol. The van der Waals surface area contributed by atoms with Crippen LogP contribution in [-0.2, 0) is 0 Å². The highest BCUT2D eigenvalue weighted by Gasteiger charge is 2.22. The number of anilines is 1. The number of pyridine rings is 1. The zero-order chi connectivity index (χ0) is 19.8. The van der Waals surface area contributed by atoms with Gasteiger partial charge in [-0.25, -0.2) is 0 Å². The molecule has 0 aliphatic rings. The van der Waals surface area contributed by atoms with E-state index >= 15 is 0 Å². The number of halogens is 2. The van der Waals surface area contributed by atoms with Gasteiger partial charge in [0.1, 0.15) is 15.6 Å². The Hall–Kier alpha value is -2.96. The number of benzene rings is 2. The molecule has 2 heterocycles. The van der Waals surface area contributed by atoms with E-state index in [9.17, 15) is 10.0 Å². The van der Waals surface area contributed by atoms with Gasteiger partial charge in [-0.3, -0.25) is 10.0 Å². The van der Waals surface area contributed by atoms with Crippen molar-refractivity contribution in [2.75, 3.05) is 11.9 Å². The molecule has 0 atom stereocenters. The number of nitrogens with zero attached hydrogens (tertiary/aromatic N) is 1. The Morgan fingerprint density at radius 1 is 1.18 bits per heavy atom. The van der Waals surface area contributed by atoms with Gasteiger partial charge in [-0.1, -0.05) is 41.4 Å². The fraction of sp³-hybridized carbons (Fsp3) is 0.100. The van der Waals surface area contributed by atoms with E-state index < -0.39 is 5.91 Å². The van der Waals surface area contributed by atoms with Gasteiger partial charge in [-0.15, -0.1) is 0 Å². The molecule has 0 saturated heterocycles. The molecule has 4 rings (SSSR count). The van der Waals surface area contributed by atoms with E-state index in [0.29, 0.717) is 34.5 Å². The Morgan fingerprint density at radius 2 is 1.89 bits per heavy atom. The number of ether oxygens (including phenoxy) is 1. The summed E-state index contributed by atoms with van der Waals surface area (Å²) in [6.45, 7) is 2.34. The molecule has 4 aromatic rings. The zero-order valence-electron chi connectivity index (χ0n) is 14.7. The van der Waals surface area contributed by atoms with Crippen LogP contribution in [0.15, 0.2) is 53.2 Å². The first-order valence-corrected chi connectivity index (χ1v) is 9.23. The molecule has 6 nitrogen and oxygen atoms in total. The molecule has 28 heavy (non-hydrogen) atoms. The number of carbonyl (C=O) groups excluding carboxylic acids is 1. The number of nitrogens with one attached hydrogen (secondary N) is 1. The van der Waals surface area contributed by atoms with Crippen LogP contribution in [0.4, 0.5) is 5.69 Å². The van der Waals surface area contributed by atoms with Crippen molar-refractivity contribution < 1.29 is 23.9 Å². The van der Waals surface area contributed by atoms with Crippen molar-refractivity contribution in [2.45, 2.75) is 6.92 Å². The molecule has 0 aliphatic carbocycles. The first-order valence-electron chi connectivity index (χ1n) is 8.47. The highest BCUT2D eigenvalue weighted by molar-refractivity contribution is 6.39. The Bertz CT molecular complexity index is 1200. The molecule has 0 bridgehead atoms. The fourth-order valence-corrected chi connectivity index (χ4v) is 3.62. The average Bonchev–Trinajstić information content (AvgIpc) is 3.05. The van der Waals surface area contributed by atoms with E-state index in [4.69, 9.17) is 32.4 Å².